The number of hydrogen-bond acceptors (Lipinski definition) is 3. The molecule has 1 aromatic carbocycles. The van der Waals surface area contributed by atoms with E-state index >= 15 is 0 Å². The second kappa shape index (κ2) is 11.7. The van der Waals surface area contributed by atoms with Crippen molar-refractivity contribution in [1.29, 1.82) is 0 Å². The van der Waals surface area contributed by atoms with Crippen LogP contribution in [0.4, 0.5) is 5.69 Å². The summed E-state index contributed by atoms with van der Waals surface area (Å²) in [6, 6.07) is 8.78. The van der Waals surface area contributed by atoms with Crippen molar-refractivity contribution in [2.75, 3.05) is 11.9 Å². The second-order valence-electron chi connectivity index (χ2n) is 5.72. The molecule has 0 fully saturated rings. The predicted molar refractivity (Wildman–Crippen MR) is 94.0 cm³/mol. The molecule has 0 saturated heterocycles. The number of carbonyl (C=O) groups is 2. The van der Waals surface area contributed by atoms with Crippen LogP contribution in [0, 0.1) is 0 Å². The highest BCUT2D eigenvalue weighted by Gasteiger charge is 2.20. The zero-order valence-corrected chi connectivity index (χ0v) is 14.0. The monoisotopic (exact) mass is 319 g/mol. The molecule has 2 amide bonds. The highest BCUT2D eigenvalue weighted by molar-refractivity contribution is 5.97. The molecule has 1 atom stereocenters. The first kappa shape index (κ1) is 19.2. The molecule has 0 aliphatic heterocycles. The van der Waals surface area contributed by atoms with E-state index in [4.69, 9.17) is 5.73 Å². The van der Waals surface area contributed by atoms with E-state index in [2.05, 4.69) is 17.6 Å². The van der Waals surface area contributed by atoms with E-state index in [9.17, 15) is 9.59 Å². The minimum Gasteiger partial charge on any atom is -0.344 e. The largest absolute Gasteiger partial charge is 0.344 e. The van der Waals surface area contributed by atoms with Crippen LogP contribution in [-0.4, -0.2) is 24.4 Å². The summed E-state index contributed by atoms with van der Waals surface area (Å²) in [5.74, 6) is -0.225. The van der Waals surface area contributed by atoms with Crippen LogP contribution >= 0.6 is 0 Å². The lowest BCUT2D eigenvalue weighted by atomic mass is 10.1. The number of benzene rings is 1. The van der Waals surface area contributed by atoms with E-state index in [0.29, 0.717) is 19.4 Å². The van der Waals surface area contributed by atoms with Crippen molar-refractivity contribution in [3.63, 3.8) is 0 Å². The van der Waals surface area contributed by atoms with Gasteiger partial charge in [0.15, 0.2) is 0 Å². The van der Waals surface area contributed by atoms with Crippen LogP contribution < -0.4 is 16.4 Å². The van der Waals surface area contributed by atoms with Crippen molar-refractivity contribution in [2.24, 2.45) is 5.73 Å². The van der Waals surface area contributed by atoms with E-state index < -0.39 is 6.04 Å². The Morgan fingerprint density at radius 3 is 2.48 bits per heavy atom. The topological polar surface area (TPSA) is 84.2 Å². The first-order chi connectivity index (χ1) is 11.2. The molecule has 1 unspecified atom stereocenters. The molecule has 1 aromatic rings. The Morgan fingerprint density at radius 2 is 1.83 bits per heavy atom. The number of amides is 2. The molecule has 0 heterocycles. The third-order valence-corrected chi connectivity index (χ3v) is 3.65. The van der Waals surface area contributed by atoms with Crippen molar-refractivity contribution in [3.8, 4) is 0 Å². The molecule has 0 aliphatic rings. The van der Waals surface area contributed by atoms with Gasteiger partial charge in [-0.05, 0) is 44.4 Å². The molecule has 23 heavy (non-hydrogen) atoms. The third-order valence-electron chi connectivity index (χ3n) is 3.65. The summed E-state index contributed by atoms with van der Waals surface area (Å²) in [6.07, 6.45) is 5.70. The van der Waals surface area contributed by atoms with Crippen molar-refractivity contribution in [3.05, 3.63) is 30.3 Å². The predicted octanol–water partition coefficient (Wildman–Crippen LogP) is 2.82. The molecule has 128 valence electrons. The van der Waals surface area contributed by atoms with Gasteiger partial charge in [0.25, 0.3) is 0 Å². The summed E-state index contributed by atoms with van der Waals surface area (Å²) in [7, 11) is 0. The zero-order chi connectivity index (χ0) is 16.9. The standard InChI is InChI=1S/C18H29N3O2/c1-2-3-5-13-17(22)21-16(12-8-9-14-19)18(23)20-15-10-6-4-7-11-15/h4,6-7,10-11,16H,2-3,5,8-9,12-14,19H2,1H3,(H,20,23)(H,21,22). The number of anilines is 1. The van der Waals surface area contributed by atoms with E-state index in [0.717, 1.165) is 37.8 Å². The fourth-order valence-electron chi connectivity index (χ4n) is 2.31. The van der Waals surface area contributed by atoms with Gasteiger partial charge < -0.3 is 16.4 Å². The number of unbranched alkanes of at least 4 members (excludes halogenated alkanes) is 3. The molecule has 0 radical (unpaired) electrons. The lowest BCUT2D eigenvalue weighted by Gasteiger charge is -2.18. The molecule has 0 aliphatic carbocycles. The Balaban J connectivity index is 2.55. The maximum atomic E-state index is 12.4. The molecule has 0 saturated carbocycles. The molecular formula is C18H29N3O2. The lowest BCUT2D eigenvalue weighted by Crippen LogP contribution is -2.43. The van der Waals surface area contributed by atoms with Gasteiger partial charge in [0.2, 0.25) is 11.8 Å². The summed E-state index contributed by atoms with van der Waals surface area (Å²) < 4.78 is 0. The number of rotatable bonds is 11. The summed E-state index contributed by atoms with van der Waals surface area (Å²) in [5, 5.41) is 5.72. The van der Waals surface area contributed by atoms with Crippen molar-refractivity contribution in [1.82, 2.24) is 5.32 Å². The Bertz CT molecular complexity index is 463. The summed E-state index contributed by atoms with van der Waals surface area (Å²) in [5.41, 5.74) is 6.25. The van der Waals surface area contributed by atoms with Crippen LogP contribution in [0.1, 0.15) is 51.9 Å². The normalized spacial score (nSPS) is 11.7. The lowest BCUT2D eigenvalue weighted by molar-refractivity contribution is -0.126. The van der Waals surface area contributed by atoms with E-state index in [1.807, 2.05) is 30.3 Å². The molecule has 4 N–H and O–H groups in total. The van der Waals surface area contributed by atoms with Crippen LogP contribution in [-0.2, 0) is 9.59 Å². The molecule has 5 heteroatoms. The molecule has 0 bridgehead atoms. The van der Waals surface area contributed by atoms with Gasteiger partial charge in [0.1, 0.15) is 6.04 Å². The maximum Gasteiger partial charge on any atom is 0.246 e. The Hall–Kier alpha value is -1.88. The summed E-state index contributed by atoms with van der Waals surface area (Å²) >= 11 is 0. The van der Waals surface area contributed by atoms with Gasteiger partial charge in [-0.2, -0.15) is 0 Å². The maximum absolute atomic E-state index is 12.4. The van der Waals surface area contributed by atoms with E-state index in [-0.39, 0.29) is 11.8 Å². The molecule has 0 spiro atoms. The molecular weight excluding hydrogens is 290 g/mol. The highest BCUT2D eigenvalue weighted by Crippen LogP contribution is 2.09. The average molecular weight is 319 g/mol. The Labute approximate surface area is 139 Å². The molecule has 1 rings (SSSR count). The molecule has 5 nitrogen and oxygen atoms in total. The van der Waals surface area contributed by atoms with Crippen LogP contribution in [0.2, 0.25) is 0 Å². The molecule has 0 aromatic heterocycles. The second-order valence-corrected chi connectivity index (χ2v) is 5.72. The first-order valence-corrected chi connectivity index (χ1v) is 8.52. The van der Waals surface area contributed by atoms with E-state index in [1.54, 1.807) is 0 Å². The van der Waals surface area contributed by atoms with Crippen LogP contribution in [0.5, 0.6) is 0 Å². The number of nitrogens with one attached hydrogen (secondary N) is 2. The van der Waals surface area contributed by atoms with Crippen molar-refractivity contribution in [2.45, 2.75) is 57.9 Å². The van der Waals surface area contributed by atoms with Gasteiger partial charge in [-0.3, -0.25) is 9.59 Å². The van der Waals surface area contributed by atoms with Gasteiger partial charge >= 0.3 is 0 Å². The zero-order valence-electron chi connectivity index (χ0n) is 14.0. The highest BCUT2D eigenvalue weighted by atomic mass is 16.2. The smallest absolute Gasteiger partial charge is 0.246 e. The average Bonchev–Trinajstić information content (AvgIpc) is 2.55. The van der Waals surface area contributed by atoms with E-state index in [1.165, 1.54) is 0 Å². The van der Waals surface area contributed by atoms with Gasteiger partial charge in [-0.25, -0.2) is 0 Å². The fourth-order valence-corrected chi connectivity index (χ4v) is 2.31. The number of para-hydroxylation sites is 1. The van der Waals surface area contributed by atoms with Crippen LogP contribution in [0.3, 0.4) is 0 Å². The van der Waals surface area contributed by atoms with Crippen LogP contribution in [0.15, 0.2) is 30.3 Å². The summed E-state index contributed by atoms with van der Waals surface area (Å²) in [4.78, 5) is 24.4. The fraction of sp³-hybridized carbons (Fsp3) is 0.556. The number of carbonyl (C=O) groups excluding carboxylic acids is 2. The minimum atomic E-state index is -0.504. The minimum absolute atomic E-state index is 0.0561. The van der Waals surface area contributed by atoms with Crippen LogP contribution in [0.25, 0.3) is 0 Å². The Kier molecular flexibility index (Phi) is 9.71. The third kappa shape index (κ3) is 8.35. The van der Waals surface area contributed by atoms with Crippen molar-refractivity contribution < 1.29 is 9.59 Å². The van der Waals surface area contributed by atoms with Gasteiger partial charge in [-0.15, -0.1) is 0 Å². The SMILES string of the molecule is CCCCCC(=O)NC(CCCCN)C(=O)Nc1ccccc1. The number of hydrogen-bond donors (Lipinski definition) is 3. The summed E-state index contributed by atoms with van der Waals surface area (Å²) in [6.45, 7) is 2.69. The Morgan fingerprint density at radius 1 is 1.09 bits per heavy atom. The number of nitrogens with two attached hydrogens (primary N) is 1. The van der Waals surface area contributed by atoms with Gasteiger partial charge in [0.05, 0.1) is 0 Å². The van der Waals surface area contributed by atoms with Gasteiger partial charge in [0, 0.05) is 12.1 Å². The first-order valence-electron chi connectivity index (χ1n) is 8.52. The quantitative estimate of drug-likeness (QED) is 0.548. The van der Waals surface area contributed by atoms with Crippen molar-refractivity contribution >= 4 is 17.5 Å². The van der Waals surface area contributed by atoms with Gasteiger partial charge in [-0.1, -0.05) is 38.0 Å².